The van der Waals surface area contributed by atoms with Gasteiger partial charge in [0.05, 0.1) is 37.8 Å². The van der Waals surface area contributed by atoms with E-state index in [1.807, 2.05) is 0 Å². The zero-order chi connectivity index (χ0) is 20.8. The minimum Gasteiger partial charge on any atom is -0.466 e. The number of imide groups is 1. The third-order valence-electron chi connectivity index (χ3n) is 4.46. The normalized spacial score (nSPS) is 13.2. The fraction of sp³-hybridized carbons (Fsp3) is 0.526. The van der Waals surface area contributed by atoms with E-state index in [1.54, 1.807) is 0 Å². The molecule has 0 aromatic heterocycles. The molecular formula is C19H21Cl4NO4. The first-order valence-electron chi connectivity index (χ1n) is 9.19. The van der Waals surface area contributed by atoms with Gasteiger partial charge >= 0.3 is 5.97 Å². The molecule has 0 fully saturated rings. The average Bonchev–Trinajstić information content (AvgIpc) is 2.92. The van der Waals surface area contributed by atoms with Gasteiger partial charge in [-0.15, -0.1) is 0 Å². The lowest BCUT2D eigenvalue weighted by atomic mass is 10.1. The Labute approximate surface area is 184 Å². The highest BCUT2D eigenvalue weighted by atomic mass is 35.5. The highest BCUT2D eigenvalue weighted by Crippen LogP contribution is 2.44. The zero-order valence-corrected chi connectivity index (χ0v) is 18.5. The van der Waals surface area contributed by atoms with Gasteiger partial charge in [-0.3, -0.25) is 19.3 Å². The summed E-state index contributed by atoms with van der Waals surface area (Å²) in [5, 5.41) is -0.240. The van der Waals surface area contributed by atoms with Gasteiger partial charge in [0.15, 0.2) is 0 Å². The maximum atomic E-state index is 12.6. The van der Waals surface area contributed by atoms with E-state index in [1.165, 1.54) is 0 Å². The minimum absolute atomic E-state index is 0.0123. The van der Waals surface area contributed by atoms with E-state index in [0.29, 0.717) is 32.3 Å². The summed E-state index contributed by atoms with van der Waals surface area (Å²) in [5.41, 5.74) is -0.0246. The van der Waals surface area contributed by atoms with Crippen molar-refractivity contribution in [2.75, 3.05) is 13.2 Å². The molecule has 154 valence electrons. The van der Waals surface area contributed by atoms with Crippen LogP contribution in [0.3, 0.4) is 0 Å². The summed E-state index contributed by atoms with van der Waals surface area (Å²) >= 11 is 24.2. The second-order valence-corrected chi connectivity index (χ2v) is 8.02. The number of esters is 1. The Morgan fingerprint density at radius 2 is 1.39 bits per heavy atom. The van der Waals surface area contributed by atoms with E-state index in [2.05, 4.69) is 6.92 Å². The summed E-state index contributed by atoms with van der Waals surface area (Å²) in [4.78, 5) is 37.9. The molecule has 0 N–H and O–H groups in total. The van der Waals surface area contributed by atoms with Crippen molar-refractivity contribution in [1.82, 2.24) is 4.90 Å². The van der Waals surface area contributed by atoms with Crippen LogP contribution in [0.25, 0.3) is 0 Å². The van der Waals surface area contributed by atoms with E-state index in [4.69, 9.17) is 51.1 Å². The molecule has 1 heterocycles. The lowest BCUT2D eigenvalue weighted by molar-refractivity contribution is -0.143. The number of benzene rings is 1. The Hall–Kier alpha value is -1.01. The topological polar surface area (TPSA) is 63.7 Å². The van der Waals surface area contributed by atoms with Crippen molar-refractivity contribution in [3.63, 3.8) is 0 Å². The number of amides is 2. The van der Waals surface area contributed by atoms with Gasteiger partial charge in [0, 0.05) is 13.0 Å². The van der Waals surface area contributed by atoms with Crippen LogP contribution in [-0.4, -0.2) is 35.8 Å². The SMILES string of the molecule is CCCCCOC(=O)CCCCCN1C(=O)c2c(Cl)c(Cl)c(Cl)c(Cl)c2C1=O. The largest absolute Gasteiger partial charge is 0.466 e. The van der Waals surface area contributed by atoms with Gasteiger partial charge in [0.25, 0.3) is 11.8 Å². The molecule has 0 aliphatic carbocycles. The predicted molar refractivity (Wildman–Crippen MR) is 111 cm³/mol. The molecule has 2 amide bonds. The quantitative estimate of drug-likeness (QED) is 0.135. The number of carbonyl (C=O) groups excluding carboxylic acids is 3. The van der Waals surface area contributed by atoms with Crippen molar-refractivity contribution in [3.05, 3.63) is 31.2 Å². The van der Waals surface area contributed by atoms with Crippen LogP contribution < -0.4 is 0 Å². The molecular weight excluding hydrogens is 448 g/mol. The molecule has 1 aliphatic rings. The summed E-state index contributed by atoms with van der Waals surface area (Å²) in [7, 11) is 0. The molecule has 0 spiro atoms. The molecule has 1 aromatic carbocycles. The first kappa shape index (κ1) is 23.3. The Kier molecular flexibility index (Phi) is 8.87. The second kappa shape index (κ2) is 10.7. The Morgan fingerprint density at radius 3 is 1.93 bits per heavy atom. The smallest absolute Gasteiger partial charge is 0.305 e. The molecule has 1 aromatic rings. The number of ether oxygens (including phenoxy) is 1. The molecule has 0 bridgehead atoms. The van der Waals surface area contributed by atoms with Crippen molar-refractivity contribution in [1.29, 1.82) is 0 Å². The predicted octanol–water partition coefficient (Wildman–Crippen LogP) is 6.19. The summed E-state index contributed by atoms with van der Waals surface area (Å²) < 4.78 is 5.14. The third-order valence-corrected chi connectivity index (χ3v) is 6.26. The standard InChI is InChI=1S/C19H21Cl4NO4/c1-2-3-7-10-28-11(25)8-5-4-6-9-24-18(26)12-13(19(24)27)15(21)17(23)16(22)14(12)20/h2-10H2,1H3. The lowest BCUT2D eigenvalue weighted by Gasteiger charge is -2.13. The van der Waals surface area contributed by atoms with Crippen molar-refractivity contribution < 1.29 is 19.1 Å². The van der Waals surface area contributed by atoms with E-state index in [0.717, 1.165) is 24.2 Å². The zero-order valence-electron chi connectivity index (χ0n) is 15.5. The van der Waals surface area contributed by atoms with E-state index in [9.17, 15) is 14.4 Å². The molecule has 28 heavy (non-hydrogen) atoms. The fourth-order valence-electron chi connectivity index (χ4n) is 2.92. The van der Waals surface area contributed by atoms with Gasteiger partial charge in [-0.25, -0.2) is 0 Å². The van der Waals surface area contributed by atoms with Crippen LogP contribution in [0.2, 0.25) is 20.1 Å². The number of rotatable bonds is 10. The van der Waals surface area contributed by atoms with Gasteiger partial charge in [0.2, 0.25) is 0 Å². The molecule has 9 heteroatoms. The molecule has 0 radical (unpaired) electrons. The minimum atomic E-state index is -0.541. The maximum Gasteiger partial charge on any atom is 0.305 e. The molecule has 0 atom stereocenters. The Bertz CT molecular complexity index is 735. The molecule has 5 nitrogen and oxygen atoms in total. The average molecular weight is 469 g/mol. The molecule has 1 aliphatic heterocycles. The molecule has 0 saturated heterocycles. The van der Waals surface area contributed by atoms with Crippen molar-refractivity contribution in [2.24, 2.45) is 0 Å². The highest BCUT2D eigenvalue weighted by molar-refractivity contribution is 6.55. The Morgan fingerprint density at radius 1 is 0.821 bits per heavy atom. The molecule has 2 rings (SSSR count). The van der Waals surface area contributed by atoms with Gasteiger partial charge in [0.1, 0.15) is 0 Å². The monoisotopic (exact) mass is 467 g/mol. The van der Waals surface area contributed by atoms with Crippen LogP contribution >= 0.6 is 46.4 Å². The van der Waals surface area contributed by atoms with Crippen LogP contribution in [0.4, 0.5) is 0 Å². The van der Waals surface area contributed by atoms with Gasteiger partial charge < -0.3 is 4.74 Å². The van der Waals surface area contributed by atoms with E-state index >= 15 is 0 Å². The third kappa shape index (κ3) is 5.12. The first-order valence-corrected chi connectivity index (χ1v) is 10.7. The fourth-order valence-corrected chi connectivity index (χ4v) is 3.94. The summed E-state index contributed by atoms with van der Waals surface area (Å²) in [6.45, 7) is 2.73. The van der Waals surface area contributed by atoms with Crippen LogP contribution in [0.1, 0.15) is 72.6 Å². The maximum absolute atomic E-state index is 12.6. The first-order chi connectivity index (χ1) is 13.3. The van der Waals surface area contributed by atoms with Crippen LogP contribution in [0, 0.1) is 0 Å². The number of hydrogen-bond donors (Lipinski definition) is 0. The summed E-state index contributed by atoms with van der Waals surface area (Å²) in [5.74, 6) is -1.30. The number of fused-ring (bicyclic) bond motifs is 1. The van der Waals surface area contributed by atoms with Crippen LogP contribution in [0.15, 0.2) is 0 Å². The number of nitrogens with zero attached hydrogens (tertiary/aromatic N) is 1. The number of hydrogen-bond acceptors (Lipinski definition) is 4. The van der Waals surface area contributed by atoms with Gasteiger partial charge in [-0.2, -0.15) is 0 Å². The molecule has 0 saturated carbocycles. The van der Waals surface area contributed by atoms with E-state index < -0.39 is 11.8 Å². The van der Waals surface area contributed by atoms with Gasteiger partial charge in [-0.1, -0.05) is 72.6 Å². The van der Waals surface area contributed by atoms with Gasteiger partial charge in [-0.05, 0) is 19.3 Å². The summed E-state index contributed by atoms with van der Waals surface area (Å²) in [6.07, 6.45) is 5.14. The molecule has 0 unspecified atom stereocenters. The number of carbonyl (C=O) groups is 3. The van der Waals surface area contributed by atoms with Crippen molar-refractivity contribution >= 4 is 64.2 Å². The van der Waals surface area contributed by atoms with E-state index in [-0.39, 0.29) is 43.7 Å². The van der Waals surface area contributed by atoms with Crippen molar-refractivity contribution in [3.8, 4) is 0 Å². The summed E-state index contributed by atoms with van der Waals surface area (Å²) in [6, 6.07) is 0. The lowest BCUT2D eigenvalue weighted by Crippen LogP contribution is -2.30. The number of unbranched alkanes of at least 4 members (excludes halogenated alkanes) is 4. The highest BCUT2D eigenvalue weighted by Gasteiger charge is 2.41. The Balaban J connectivity index is 1.84. The van der Waals surface area contributed by atoms with Crippen LogP contribution in [-0.2, 0) is 9.53 Å². The second-order valence-electron chi connectivity index (χ2n) is 6.51. The van der Waals surface area contributed by atoms with Crippen molar-refractivity contribution in [2.45, 2.75) is 51.9 Å². The number of halogens is 4. The van der Waals surface area contributed by atoms with Crippen LogP contribution in [0.5, 0.6) is 0 Å².